The Kier molecular flexibility index (Phi) is 12.8. The summed E-state index contributed by atoms with van der Waals surface area (Å²) in [6.45, 7) is 8.16. The second-order valence-electron chi connectivity index (χ2n) is 14.8. The molecule has 0 saturated carbocycles. The molecule has 8 rings (SSSR count). The van der Waals surface area contributed by atoms with E-state index in [9.17, 15) is 19.2 Å². The topological polar surface area (TPSA) is 193 Å². The highest BCUT2D eigenvalue weighted by Crippen LogP contribution is 2.40. The van der Waals surface area contributed by atoms with Crippen LogP contribution in [-0.2, 0) is 23.9 Å². The number of hydrogen-bond acceptors (Lipinski definition) is 13. The quantitative estimate of drug-likeness (QED) is 0.0759. The van der Waals surface area contributed by atoms with Crippen molar-refractivity contribution in [1.82, 2.24) is 29.9 Å². The molecule has 1 fully saturated rings. The zero-order chi connectivity index (χ0) is 43.3. The third-order valence-corrected chi connectivity index (χ3v) is 12.1. The van der Waals surface area contributed by atoms with Gasteiger partial charge in [-0.15, -0.1) is 21.5 Å². The van der Waals surface area contributed by atoms with Crippen molar-refractivity contribution in [2.75, 3.05) is 50.2 Å². The van der Waals surface area contributed by atoms with E-state index < -0.39 is 23.6 Å². The van der Waals surface area contributed by atoms with Gasteiger partial charge >= 0.3 is 0 Å². The van der Waals surface area contributed by atoms with Gasteiger partial charge in [0.2, 0.25) is 11.8 Å². The molecule has 0 aliphatic carbocycles. The number of ether oxygens (including phenoxy) is 3. The number of anilines is 2. The minimum atomic E-state index is -0.848. The summed E-state index contributed by atoms with van der Waals surface area (Å²) in [7, 11) is 0. The van der Waals surface area contributed by atoms with E-state index in [4.69, 9.17) is 30.8 Å². The number of benzene rings is 3. The molecule has 3 aromatic carbocycles. The number of aryl methyl sites for hydroxylation is 2. The minimum Gasteiger partial charge on any atom is -0.491 e. The molecule has 62 heavy (non-hydrogen) atoms. The van der Waals surface area contributed by atoms with Crippen LogP contribution < -0.4 is 26.2 Å². The number of nitrogens with one attached hydrogen (secondary N) is 3. The Morgan fingerprint density at radius 1 is 0.952 bits per heavy atom. The summed E-state index contributed by atoms with van der Waals surface area (Å²) in [6, 6.07) is 18.7. The zero-order valence-electron chi connectivity index (χ0n) is 34.3. The van der Waals surface area contributed by atoms with Gasteiger partial charge in [0.25, 0.3) is 11.5 Å². The molecule has 2 aliphatic rings. The summed E-state index contributed by atoms with van der Waals surface area (Å²) in [5, 5.41) is 24.3. The Morgan fingerprint density at radius 2 is 1.73 bits per heavy atom. The average Bonchev–Trinajstić information content (AvgIpc) is 3.73. The van der Waals surface area contributed by atoms with E-state index >= 15 is 0 Å². The van der Waals surface area contributed by atoms with Crippen LogP contribution in [0.3, 0.4) is 0 Å². The predicted octanol–water partition coefficient (Wildman–Crippen LogP) is 6.04. The van der Waals surface area contributed by atoms with Gasteiger partial charge in [0, 0.05) is 56.8 Å². The standard InChI is InChI=1S/C44H44ClN9O7S/c1-25-26(2)62-44-38(25)40(28-10-12-30(45)13-11-28)49-34(41-52-51-27(3)53(41)44)23-37(56)48-31-7-5-8-32(22-31)61-21-20-60-19-18-59-17-16-46-33-9-4-6-29-24-47-54(43(58)39(29)33)35-14-15-36(55)50-42(35)57/h4-13,22,24,34-35,46H,14-21,23H2,1-3H3,(H,48,56)(H,50,55,57)/t34-,35?/m0/s1. The normalized spacial score (nSPS) is 16.0. The van der Waals surface area contributed by atoms with Gasteiger partial charge in [-0.05, 0) is 63.1 Å². The van der Waals surface area contributed by atoms with Gasteiger partial charge in [-0.3, -0.25) is 34.1 Å². The second kappa shape index (κ2) is 18.8. The molecule has 320 valence electrons. The van der Waals surface area contributed by atoms with Crippen molar-refractivity contribution in [2.45, 2.75) is 52.1 Å². The number of aromatic nitrogens is 5. The number of fused-ring (bicyclic) bond motifs is 4. The number of imide groups is 1. The fraction of sp³-hybridized carbons (Fsp3) is 0.318. The lowest BCUT2D eigenvalue weighted by atomic mass is 9.99. The molecular weight excluding hydrogens is 834 g/mol. The van der Waals surface area contributed by atoms with E-state index in [0.29, 0.717) is 71.7 Å². The summed E-state index contributed by atoms with van der Waals surface area (Å²) in [5.74, 6) is 0.760. The van der Waals surface area contributed by atoms with E-state index in [1.165, 1.54) is 4.88 Å². The van der Waals surface area contributed by atoms with Gasteiger partial charge < -0.3 is 24.8 Å². The number of halogens is 1. The third-order valence-electron chi connectivity index (χ3n) is 10.6. The van der Waals surface area contributed by atoms with Crippen LogP contribution in [0, 0.1) is 20.8 Å². The maximum absolute atomic E-state index is 13.6. The number of amides is 3. The molecule has 0 bridgehead atoms. The largest absolute Gasteiger partial charge is 0.491 e. The predicted molar refractivity (Wildman–Crippen MR) is 236 cm³/mol. The molecular formula is C44H44ClN9O7S. The van der Waals surface area contributed by atoms with E-state index in [0.717, 1.165) is 37.9 Å². The van der Waals surface area contributed by atoms with E-state index in [1.807, 2.05) is 54.0 Å². The smallest absolute Gasteiger partial charge is 0.277 e. The van der Waals surface area contributed by atoms with Crippen molar-refractivity contribution in [1.29, 1.82) is 0 Å². The maximum Gasteiger partial charge on any atom is 0.277 e. The van der Waals surface area contributed by atoms with Gasteiger partial charge in [0.05, 0.1) is 50.1 Å². The number of carbonyl (C=O) groups is 3. The molecule has 1 saturated heterocycles. The minimum absolute atomic E-state index is 0.0354. The first kappa shape index (κ1) is 42.4. The summed E-state index contributed by atoms with van der Waals surface area (Å²) in [4.78, 5) is 57.4. The highest BCUT2D eigenvalue weighted by molar-refractivity contribution is 7.15. The van der Waals surface area contributed by atoms with E-state index in [-0.39, 0.29) is 37.7 Å². The maximum atomic E-state index is 13.6. The van der Waals surface area contributed by atoms with Crippen LogP contribution in [0.5, 0.6) is 5.75 Å². The van der Waals surface area contributed by atoms with Crippen molar-refractivity contribution >= 4 is 68.5 Å². The molecule has 5 heterocycles. The zero-order valence-corrected chi connectivity index (χ0v) is 35.8. The van der Waals surface area contributed by atoms with Crippen LogP contribution >= 0.6 is 22.9 Å². The van der Waals surface area contributed by atoms with Crippen LogP contribution in [0.1, 0.15) is 64.6 Å². The second-order valence-corrected chi connectivity index (χ2v) is 16.5. The van der Waals surface area contributed by atoms with Crippen LogP contribution in [0.2, 0.25) is 5.02 Å². The molecule has 2 aliphatic heterocycles. The van der Waals surface area contributed by atoms with E-state index in [1.54, 1.807) is 41.8 Å². The Morgan fingerprint density at radius 3 is 2.53 bits per heavy atom. The van der Waals surface area contributed by atoms with Crippen molar-refractivity contribution in [3.63, 3.8) is 0 Å². The summed E-state index contributed by atoms with van der Waals surface area (Å²) in [5.41, 5.74) is 4.55. The Bertz CT molecular complexity index is 2750. The van der Waals surface area contributed by atoms with Gasteiger partial charge in [-0.2, -0.15) is 5.10 Å². The number of hydrogen-bond donors (Lipinski definition) is 3. The molecule has 16 nitrogen and oxygen atoms in total. The van der Waals surface area contributed by atoms with Crippen molar-refractivity contribution in [3.8, 4) is 10.8 Å². The van der Waals surface area contributed by atoms with Crippen molar-refractivity contribution < 1.29 is 28.6 Å². The number of thiophene rings is 1. The SMILES string of the molecule is Cc1sc2c(c1C)C(c1ccc(Cl)cc1)=N[C@@H](CC(=O)Nc1cccc(OCCOCCOCCNc3cccc4cnn(C5CCC(=O)NC5=O)c(=O)c34)c1)c1nnc(C)n1-2. The fourth-order valence-corrected chi connectivity index (χ4v) is 8.81. The number of aliphatic imine (C=N–C) groups is 1. The van der Waals surface area contributed by atoms with Crippen LogP contribution in [0.4, 0.5) is 11.4 Å². The van der Waals surface area contributed by atoms with Gasteiger partial charge in [-0.1, -0.05) is 41.9 Å². The highest BCUT2D eigenvalue weighted by Gasteiger charge is 2.33. The first-order valence-corrected chi connectivity index (χ1v) is 21.4. The number of piperidine rings is 1. The lowest BCUT2D eigenvalue weighted by Gasteiger charge is -2.22. The fourth-order valence-electron chi connectivity index (χ4n) is 7.47. The third kappa shape index (κ3) is 9.16. The Balaban J connectivity index is 0.796. The number of nitrogens with zero attached hydrogens (tertiary/aromatic N) is 6. The molecule has 6 aromatic rings. The van der Waals surface area contributed by atoms with Crippen LogP contribution in [0.25, 0.3) is 15.8 Å². The van der Waals surface area contributed by atoms with E-state index in [2.05, 4.69) is 45.1 Å². The van der Waals surface area contributed by atoms with Crippen LogP contribution in [-0.4, -0.2) is 87.6 Å². The first-order valence-electron chi connectivity index (χ1n) is 20.2. The van der Waals surface area contributed by atoms with Crippen molar-refractivity contribution in [2.24, 2.45) is 4.99 Å². The molecule has 1 unspecified atom stereocenters. The molecule has 3 aromatic heterocycles. The molecule has 3 N–H and O–H groups in total. The lowest BCUT2D eigenvalue weighted by molar-refractivity contribution is -0.136. The molecule has 18 heteroatoms. The average molecular weight is 878 g/mol. The summed E-state index contributed by atoms with van der Waals surface area (Å²) in [6.07, 6.45) is 1.93. The monoisotopic (exact) mass is 877 g/mol. The van der Waals surface area contributed by atoms with Gasteiger partial charge in [0.15, 0.2) is 5.82 Å². The summed E-state index contributed by atoms with van der Waals surface area (Å²) < 4.78 is 20.5. The Labute approximate surface area is 365 Å². The molecule has 0 radical (unpaired) electrons. The van der Waals surface area contributed by atoms with Crippen molar-refractivity contribution in [3.05, 3.63) is 122 Å². The van der Waals surface area contributed by atoms with Gasteiger partial charge in [-0.25, -0.2) is 4.68 Å². The highest BCUT2D eigenvalue weighted by atomic mass is 35.5. The Hall–Kier alpha value is -6.27. The lowest BCUT2D eigenvalue weighted by Crippen LogP contribution is -2.45. The molecule has 0 spiro atoms. The van der Waals surface area contributed by atoms with Gasteiger partial charge in [0.1, 0.15) is 35.3 Å². The molecule has 2 atom stereocenters. The number of rotatable bonds is 16. The van der Waals surface area contributed by atoms with Crippen LogP contribution in [0.15, 0.2) is 82.7 Å². The number of carbonyl (C=O) groups excluding carboxylic acids is 3. The summed E-state index contributed by atoms with van der Waals surface area (Å²) >= 11 is 7.90. The first-order chi connectivity index (χ1) is 30.0. The molecule has 3 amide bonds.